The van der Waals surface area contributed by atoms with Crippen LogP contribution in [0.4, 0.5) is 110 Å². The van der Waals surface area contributed by atoms with E-state index in [1.54, 1.807) is 0 Å². The molecule has 4 aromatic carbocycles. The monoisotopic (exact) mass is 993 g/mol. The molecule has 0 unspecified atom stereocenters. The molecular weight excluding hydrogens is 989 g/mol. The topological polar surface area (TPSA) is 82.1 Å². The Balaban J connectivity index is 0.000000346. The van der Waals surface area contributed by atoms with E-state index in [1.165, 1.54) is 5.10 Å². The summed E-state index contributed by atoms with van der Waals surface area (Å²) in [6, 6.07) is 0. The number of hydrogen-bond acceptors (Lipinski definition) is 4. The molecule has 0 bridgehead atoms. The standard InChI is InChI=1S/C24H3BF18N6.C8HF7N2.Li/c1-2-3-6(26)9(29)12(32)15(35)18(3)47(44-2)25(48-19-4(21(45-48)23(38,39)40)7(27)10(30)13(33)16(19)36)49-20-5(22(46-49)24(41,42)43)8(28)11(31)14(34)17(20)37;9-2-1-6(5(12)4(11)3(2)10)16-17-7(1)8(13,14)15;/h1H3;(H,16,17);/q-1;;+1. The number of rotatable bonds is 3. The summed E-state index contributed by atoms with van der Waals surface area (Å²) in [5.74, 6) is -42.0. The van der Waals surface area contributed by atoms with Crippen LogP contribution in [0, 0.1) is 100.0 Å². The number of aryl methyl sites for hydroxylation is 1. The molecule has 0 fully saturated rings. The molecule has 0 amide bonds. The average molecular weight is 993 g/mol. The van der Waals surface area contributed by atoms with Crippen LogP contribution in [0.5, 0.6) is 0 Å². The van der Waals surface area contributed by atoms with Gasteiger partial charge in [0.15, 0.2) is 110 Å². The Hall–Kier alpha value is -6.33. The summed E-state index contributed by atoms with van der Waals surface area (Å²) in [5.41, 5.74) is -15.9. The van der Waals surface area contributed by atoms with Gasteiger partial charge < -0.3 is 13.8 Å². The molecule has 351 valence electrons. The third-order valence-electron chi connectivity index (χ3n) is 9.17. The van der Waals surface area contributed by atoms with Crippen LogP contribution in [-0.4, -0.2) is 46.4 Å². The van der Waals surface area contributed by atoms with Crippen LogP contribution in [0.3, 0.4) is 0 Å². The van der Waals surface area contributed by atoms with Crippen LogP contribution in [0.25, 0.3) is 43.6 Å². The first-order valence-electron chi connectivity index (χ1n) is 16.4. The van der Waals surface area contributed by atoms with E-state index in [-0.39, 0.29) is 18.9 Å². The summed E-state index contributed by atoms with van der Waals surface area (Å²) in [6.45, 7) is 0.616. The van der Waals surface area contributed by atoms with Crippen LogP contribution in [0.15, 0.2) is 0 Å². The largest absolute Gasteiger partial charge is 1.00 e. The Kier molecular flexibility index (Phi) is 12.1. The Morgan fingerprint density at radius 3 is 1.03 bits per heavy atom. The SMILES string of the molecule is Cc1nn([B-](n2nc(C(F)(F)F)c3c(F)c(F)c(F)c(F)c32)n2nc(C(F)(F)F)c3c(F)c(F)c(F)c(F)c32)c2c(F)c(F)c(F)c(F)c12.Fc1c(F)c(F)c2c(C(F)(F)F)[nH]nc2c1F.[Li+]. The van der Waals surface area contributed by atoms with Crippen molar-refractivity contribution in [1.29, 1.82) is 0 Å². The first kappa shape index (κ1) is 50.1. The van der Waals surface area contributed by atoms with Gasteiger partial charge in [-0.15, -0.1) is 0 Å². The molecule has 4 heterocycles. The van der Waals surface area contributed by atoms with Crippen LogP contribution < -0.4 is 18.9 Å². The van der Waals surface area contributed by atoms with Crippen molar-refractivity contribution in [3.05, 3.63) is 116 Å². The number of aromatic nitrogens is 8. The van der Waals surface area contributed by atoms with Crippen LogP contribution in [0.2, 0.25) is 0 Å². The molecule has 0 aliphatic carbocycles. The number of benzene rings is 4. The van der Waals surface area contributed by atoms with E-state index < -0.39 is 199 Å². The minimum atomic E-state index is -6.05. The number of H-pyrrole nitrogens is 1. The normalized spacial score (nSPS) is 12.6. The Bertz CT molecular complexity index is 3270. The van der Waals surface area contributed by atoms with Crippen molar-refractivity contribution in [3.8, 4) is 0 Å². The van der Waals surface area contributed by atoms with Gasteiger partial charge in [0.25, 0.3) is 7.12 Å². The molecule has 8 aromatic rings. The maximum Gasteiger partial charge on any atom is 1.00 e. The van der Waals surface area contributed by atoms with Crippen LogP contribution in [0.1, 0.15) is 22.8 Å². The predicted octanol–water partition coefficient (Wildman–Crippen LogP) is 7.82. The summed E-state index contributed by atoms with van der Waals surface area (Å²) in [4.78, 5) is 0. The molecule has 0 spiro atoms. The van der Waals surface area contributed by atoms with E-state index in [1.807, 2.05) is 0 Å². The number of halogens is 25. The van der Waals surface area contributed by atoms with Crippen molar-refractivity contribution >= 4 is 50.7 Å². The third-order valence-corrected chi connectivity index (χ3v) is 9.17. The van der Waals surface area contributed by atoms with Gasteiger partial charge in [-0.05, 0) is 6.92 Å². The molecule has 1 radical (unpaired) electrons. The molecule has 1 N–H and O–H groups in total. The minimum absolute atomic E-state index is 0. The molecule has 8 nitrogen and oxygen atoms in total. The van der Waals surface area contributed by atoms with Crippen LogP contribution >= 0.6 is 0 Å². The summed E-state index contributed by atoms with van der Waals surface area (Å²) in [6.07, 6.45) is -17.2. The second kappa shape index (κ2) is 16.2. The fraction of sp³-hybridized carbons (Fsp3) is 0.125. The number of aromatic amines is 1. The number of alkyl halides is 9. The molecule has 0 aliphatic rings. The third kappa shape index (κ3) is 7.32. The summed E-state index contributed by atoms with van der Waals surface area (Å²) in [5, 5.41) is 5.17. The van der Waals surface area contributed by atoms with Gasteiger partial charge in [0.2, 0.25) is 0 Å². The summed E-state index contributed by atoms with van der Waals surface area (Å²) < 4.78 is 347. The first-order chi connectivity index (χ1) is 30.3. The van der Waals surface area contributed by atoms with Crippen LogP contribution in [-0.2, 0) is 18.5 Å². The first-order valence-corrected chi connectivity index (χ1v) is 16.4. The van der Waals surface area contributed by atoms with E-state index in [4.69, 9.17) is 0 Å². The van der Waals surface area contributed by atoms with E-state index >= 15 is 13.2 Å². The van der Waals surface area contributed by atoms with E-state index in [9.17, 15) is 96.6 Å². The van der Waals surface area contributed by atoms with Crippen molar-refractivity contribution in [3.63, 3.8) is 0 Å². The number of nitrogens with one attached hydrogen (secondary N) is 1. The molecule has 0 saturated carbocycles. The average Bonchev–Trinajstić information content (AvgIpc) is 4.03. The quantitative estimate of drug-likeness (QED) is 0.0848. The van der Waals surface area contributed by atoms with Gasteiger partial charge in [-0.1, -0.05) is 0 Å². The molecular formula is C32H4BF25LiN8. The zero-order valence-corrected chi connectivity index (χ0v) is 31.2. The summed E-state index contributed by atoms with van der Waals surface area (Å²) in [7, 11) is -3.58. The predicted molar refractivity (Wildman–Crippen MR) is 166 cm³/mol. The van der Waals surface area contributed by atoms with Gasteiger partial charge in [0, 0.05) is 0 Å². The fourth-order valence-corrected chi connectivity index (χ4v) is 6.48. The molecule has 0 atom stereocenters. The maximum absolute atomic E-state index is 15.3. The van der Waals surface area contributed by atoms with Crippen molar-refractivity contribution in [2.45, 2.75) is 25.5 Å². The van der Waals surface area contributed by atoms with Gasteiger partial charge in [-0.2, -0.15) is 44.6 Å². The molecule has 0 aliphatic heterocycles. The summed E-state index contributed by atoms with van der Waals surface area (Å²) >= 11 is 0. The zero-order valence-electron chi connectivity index (χ0n) is 31.2. The molecule has 67 heavy (non-hydrogen) atoms. The van der Waals surface area contributed by atoms with E-state index in [0.717, 1.165) is 0 Å². The Morgan fingerprint density at radius 2 is 0.672 bits per heavy atom. The van der Waals surface area contributed by atoms with Gasteiger partial charge in [-0.3, -0.25) is 5.10 Å². The van der Waals surface area contributed by atoms with Gasteiger partial charge >= 0.3 is 37.4 Å². The van der Waals surface area contributed by atoms with Gasteiger partial charge in [0.05, 0.1) is 43.8 Å². The molecule has 8 rings (SSSR count). The van der Waals surface area contributed by atoms with Gasteiger partial charge in [-0.25, -0.2) is 85.5 Å². The second-order valence-corrected chi connectivity index (χ2v) is 13.0. The Morgan fingerprint density at radius 1 is 0.373 bits per heavy atom. The number of nitrogens with zero attached hydrogens (tertiary/aromatic N) is 7. The number of hydrogen-bond donors (Lipinski definition) is 1. The van der Waals surface area contributed by atoms with Gasteiger partial charge in [0.1, 0.15) is 5.52 Å². The van der Waals surface area contributed by atoms with E-state index in [0.29, 0.717) is 6.92 Å². The smallest absolute Gasteiger partial charge is 0.416 e. The van der Waals surface area contributed by atoms with Crippen molar-refractivity contribution in [2.75, 3.05) is 0 Å². The van der Waals surface area contributed by atoms with Crippen molar-refractivity contribution in [2.24, 2.45) is 0 Å². The molecule has 35 heteroatoms. The zero-order chi connectivity index (χ0) is 49.5. The molecule has 0 saturated heterocycles. The fourth-order valence-electron chi connectivity index (χ4n) is 6.48. The number of fused-ring (bicyclic) bond motifs is 4. The molecule has 4 aromatic heterocycles. The van der Waals surface area contributed by atoms with Crippen molar-refractivity contribution < 1.29 is 129 Å². The van der Waals surface area contributed by atoms with E-state index in [2.05, 4.69) is 20.4 Å². The second-order valence-electron chi connectivity index (χ2n) is 13.0. The Labute approximate surface area is 359 Å². The van der Waals surface area contributed by atoms with Crippen molar-refractivity contribution in [1.82, 2.24) is 39.3 Å². The maximum atomic E-state index is 15.3. The minimum Gasteiger partial charge on any atom is -0.416 e.